The number of aryl methyl sites for hydroxylation is 1. The zero-order chi connectivity index (χ0) is 21.1. The summed E-state index contributed by atoms with van der Waals surface area (Å²) in [7, 11) is 1.69. The molecule has 2 fully saturated rings. The van der Waals surface area contributed by atoms with Crippen LogP contribution in [0.5, 0.6) is 5.75 Å². The number of ether oxygens (including phenoxy) is 2. The number of piperazine rings is 1. The molecule has 1 atom stereocenters. The van der Waals surface area contributed by atoms with Crippen LogP contribution in [0.3, 0.4) is 0 Å². The highest BCUT2D eigenvalue weighted by molar-refractivity contribution is 5.99. The minimum Gasteiger partial charge on any atom is -0.497 e. The van der Waals surface area contributed by atoms with Gasteiger partial charge in [-0.05, 0) is 57.0 Å². The van der Waals surface area contributed by atoms with Crippen LogP contribution in [0.2, 0.25) is 0 Å². The van der Waals surface area contributed by atoms with E-state index in [1.165, 1.54) is 5.69 Å². The van der Waals surface area contributed by atoms with Gasteiger partial charge in [-0.15, -0.1) is 0 Å². The van der Waals surface area contributed by atoms with Crippen LogP contribution >= 0.6 is 0 Å². The van der Waals surface area contributed by atoms with Crippen molar-refractivity contribution in [1.82, 2.24) is 9.47 Å². The molecule has 4 rings (SSSR count). The molecular formula is C24H33N3O3. The Labute approximate surface area is 179 Å². The maximum absolute atomic E-state index is 13.0. The molecule has 0 bridgehead atoms. The van der Waals surface area contributed by atoms with Gasteiger partial charge in [0.15, 0.2) is 5.78 Å². The normalized spacial score (nSPS) is 20.0. The highest BCUT2D eigenvalue weighted by atomic mass is 16.5. The molecule has 1 aromatic heterocycles. The molecule has 0 saturated carbocycles. The van der Waals surface area contributed by atoms with Gasteiger partial charge in [0.1, 0.15) is 5.75 Å². The van der Waals surface area contributed by atoms with Gasteiger partial charge < -0.3 is 18.9 Å². The number of nitrogens with zero attached hydrogens (tertiary/aromatic N) is 3. The first-order valence-electron chi connectivity index (χ1n) is 11.0. The lowest BCUT2D eigenvalue weighted by Crippen LogP contribution is -2.48. The maximum atomic E-state index is 13.0. The maximum Gasteiger partial charge on any atom is 0.178 e. The van der Waals surface area contributed by atoms with Gasteiger partial charge in [-0.3, -0.25) is 9.69 Å². The summed E-state index contributed by atoms with van der Waals surface area (Å²) in [6.45, 7) is 10.0. The summed E-state index contributed by atoms with van der Waals surface area (Å²) >= 11 is 0. The molecule has 2 saturated heterocycles. The fraction of sp³-hybridized carbons (Fsp3) is 0.542. The molecule has 0 amide bonds. The summed E-state index contributed by atoms with van der Waals surface area (Å²) < 4.78 is 13.3. The van der Waals surface area contributed by atoms with Gasteiger partial charge in [0, 0.05) is 62.0 Å². The zero-order valence-corrected chi connectivity index (χ0v) is 18.4. The fourth-order valence-corrected chi connectivity index (χ4v) is 4.60. The van der Waals surface area contributed by atoms with Gasteiger partial charge in [-0.2, -0.15) is 0 Å². The minimum atomic E-state index is 0.222. The molecule has 0 unspecified atom stereocenters. The van der Waals surface area contributed by atoms with Crippen LogP contribution in [0.15, 0.2) is 30.3 Å². The largest absolute Gasteiger partial charge is 0.497 e. The van der Waals surface area contributed by atoms with Crippen molar-refractivity contribution in [3.63, 3.8) is 0 Å². The van der Waals surface area contributed by atoms with E-state index in [1.54, 1.807) is 7.11 Å². The van der Waals surface area contributed by atoms with Crippen molar-refractivity contribution < 1.29 is 14.3 Å². The van der Waals surface area contributed by atoms with E-state index in [4.69, 9.17) is 9.47 Å². The highest BCUT2D eigenvalue weighted by Crippen LogP contribution is 2.22. The second kappa shape index (κ2) is 9.23. The third-order valence-corrected chi connectivity index (χ3v) is 6.46. The van der Waals surface area contributed by atoms with Gasteiger partial charge >= 0.3 is 0 Å². The molecule has 6 heteroatoms. The Balaban J connectivity index is 1.33. The lowest BCUT2D eigenvalue weighted by Gasteiger charge is -2.35. The molecule has 30 heavy (non-hydrogen) atoms. The van der Waals surface area contributed by atoms with Gasteiger partial charge in [0.2, 0.25) is 0 Å². The zero-order valence-electron chi connectivity index (χ0n) is 18.4. The van der Waals surface area contributed by atoms with Gasteiger partial charge in [-0.1, -0.05) is 0 Å². The molecule has 6 nitrogen and oxygen atoms in total. The first kappa shape index (κ1) is 20.9. The molecule has 0 radical (unpaired) electrons. The number of anilines is 1. The van der Waals surface area contributed by atoms with Gasteiger partial charge in [0.05, 0.1) is 19.8 Å². The second-order valence-corrected chi connectivity index (χ2v) is 8.41. The van der Waals surface area contributed by atoms with E-state index >= 15 is 0 Å². The van der Waals surface area contributed by atoms with Crippen molar-refractivity contribution >= 4 is 11.5 Å². The fourth-order valence-electron chi connectivity index (χ4n) is 4.60. The smallest absolute Gasteiger partial charge is 0.178 e. The number of carbonyl (C=O) groups is 1. The number of aromatic nitrogens is 1. The molecular weight excluding hydrogens is 378 g/mol. The van der Waals surface area contributed by atoms with Crippen LogP contribution in [-0.2, 0) is 11.3 Å². The average molecular weight is 412 g/mol. The standard InChI is InChI=1S/C24H33N3O3/c1-18-15-23(19(2)27(18)16-22-5-4-14-30-22)24(28)17-25-10-12-26(13-11-25)20-6-8-21(29-3)9-7-20/h6-9,15,22H,4-5,10-14,16-17H2,1-3H3/t22-/m1/s1. The van der Waals surface area contributed by atoms with Crippen molar-refractivity contribution in [3.05, 3.63) is 47.3 Å². The van der Waals surface area contributed by atoms with E-state index < -0.39 is 0 Å². The van der Waals surface area contributed by atoms with Crippen molar-refractivity contribution in [2.75, 3.05) is 51.3 Å². The summed E-state index contributed by atoms with van der Waals surface area (Å²) in [6, 6.07) is 10.3. The molecule has 1 aromatic carbocycles. The Kier molecular flexibility index (Phi) is 6.44. The lowest BCUT2D eigenvalue weighted by atomic mass is 10.1. The summed E-state index contributed by atoms with van der Waals surface area (Å²) in [5, 5.41) is 0. The Bertz CT molecular complexity index is 861. The third kappa shape index (κ3) is 4.55. The molecule has 3 heterocycles. The van der Waals surface area contributed by atoms with E-state index in [-0.39, 0.29) is 11.9 Å². The highest BCUT2D eigenvalue weighted by Gasteiger charge is 2.24. The number of ketones is 1. The van der Waals surface area contributed by atoms with Crippen molar-refractivity contribution in [3.8, 4) is 5.75 Å². The van der Waals surface area contributed by atoms with Crippen LogP contribution in [0, 0.1) is 13.8 Å². The second-order valence-electron chi connectivity index (χ2n) is 8.41. The molecule has 2 aromatic rings. The molecule has 162 valence electrons. The third-order valence-electron chi connectivity index (χ3n) is 6.46. The number of benzene rings is 1. The first-order chi connectivity index (χ1) is 14.5. The van der Waals surface area contributed by atoms with E-state index in [9.17, 15) is 4.79 Å². The van der Waals surface area contributed by atoms with E-state index in [0.29, 0.717) is 6.54 Å². The van der Waals surface area contributed by atoms with Gasteiger partial charge in [-0.25, -0.2) is 0 Å². The number of Topliss-reactive ketones (excluding diaryl/α,β-unsaturated/α-hetero) is 1. The van der Waals surface area contributed by atoms with Crippen LogP contribution in [-0.4, -0.2) is 67.8 Å². The predicted molar refractivity (Wildman–Crippen MR) is 119 cm³/mol. The number of methoxy groups -OCH3 is 1. The summed E-state index contributed by atoms with van der Waals surface area (Å²) in [6.07, 6.45) is 2.53. The number of carbonyl (C=O) groups excluding carboxylic acids is 1. The molecule has 0 aliphatic carbocycles. The van der Waals surface area contributed by atoms with Crippen LogP contribution in [0.4, 0.5) is 5.69 Å². The SMILES string of the molecule is COc1ccc(N2CCN(CC(=O)c3cc(C)n(C[C@H]4CCCO4)c3C)CC2)cc1. The molecule has 0 N–H and O–H groups in total. The molecule has 0 spiro atoms. The number of rotatable bonds is 7. The molecule has 2 aliphatic rings. The summed E-state index contributed by atoms with van der Waals surface area (Å²) in [5.41, 5.74) is 4.29. The Morgan fingerprint density at radius 2 is 1.87 bits per heavy atom. The van der Waals surface area contributed by atoms with Crippen molar-refractivity contribution in [1.29, 1.82) is 0 Å². The van der Waals surface area contributed by atoms with Crippen molar-refractivity contribution in [2.24, 2.45) is 0 Å². The van der Waals surface area contributed by atoms with E-state index in [2.05, 4.69) is 46.4 Å². The van der Waals surface area contributed by atoms with E-state index in [0.717, 1.165) is 74.9 Å². The van der Waals surface area contributed by atoms with Crippen LogP contribution < -0.4 is 9.64 Å². The summed E-state index contributed by atoms with van der Waals surface area (Å²) in [5.74, 6) is 1.10. The summed E-state index contributed by atoms with van der Waals surface area (Å²) in [4.78, 5) is 17.7. The quantitative estimate of drug-likeness (QED) is 0.655. The molecule has 2 aliphatic heterocycles. The average Bonchev–Trinajstić information content (AvgIpc) is 3.38. The van der Waals surface area contributed by atoms with Crippen molar-refractivity contribution in [2.45, 2.75) is 39.3 Å². The van der Waals surface area contributed by atoms with Crippen LogP contribution in [0.25, 0.3) is 0 Å². The minimum absolute atomic E-state index is 0.222. The number of hydrogen-bond acceptors (Lipinski definition) is 5. The Hall–Kier alpha value is -2.31. The Morgan fingerprint density at radius 3 is 2.50 bits per heavy atom. The lowest BCUT2D eigenvalue weighted by molar-refractivity contribution is 0.0918. The van der Waals surface area contributed by atoms with Gasteiger partial charge in [0.25, 0.3) is 0 Å². The monoisotopic (exact) mass is 411 g/mol. The topological polar surface area (TPSA) is 46.9 Å². The number of hydrogen-bond donors (Lipinski definition) is 0. The van der Waals surface area contributed by atoms with Crippen LogP contribution in [0.1, 0.15) is 34.6 Å². The Morgan fingerprint density at radius 1 is 1.13 bits per heavy atom. The first-order valence-corrected chi connectivity index (χ1v) is 11.0. The van der Waals surface area contributed by atoms with E-state index in [1.807, 2.05) is 12.1 Å². The predicted octanol–water partition coefficient (Wildman–Crippen LogP) is 3.30.